The van der Waals surface area contributed by atoms with E-state index in [4.69, 9.17) is 74.0 Å². The third kappa shape index (κ3) is 22.5. The maximum atomic E-state index is 12.0. The number of rotatable bonds is 28. The van der Waals surface area contributed by atoms with Crippen LogP contribution in [0.2, 0.25) is 0 Å². The van der Waals surface area contributed by atoms with Gasteiger partial charge in [-0.25, -0.2) is 14.4 Å². The Hall–Kier alpha value is -1.74. The van der Waals surface area contributed by atoms with Crippen molar-refractivity contribution in [3.05, 3.63) is 14.7 Å². The molecule has 0 aromatic heterocycles. The summed E-state index contributed by atoms with van der Waals surface area (Å²) < 4.78 is 68.1. The maximum absolute atomic E-state index is 12.0. The number of unbranched alkanes of at least 4 members (excludes halogenated alkanes) is 1. The van der Waals surface area contributed by atoms with Crippen molar-refractivity contribution in [2.24, 2.45) is 16.5 Å². The average molecular weight is 1300 g/mol. The molecule has 77 heavy (non-hydrogen) atoms. The quantitative estimate of drug-likeness (QED) is 0.0133. The van der Waals surface area contributed by atoms with Gasteiger partial charge in [0.25, 0.3) is 15.2 Å². The fourth-order valence-corrected chi connectivity index (χ4v) is 14.8. The van der Waals surface area contributed by atoms with Gasteiger partial charge in [-0.1, -0.05) is 31.1 Å². The van der Waals surface area contributed by atoms with Gasteiger partial charge in [0, 0.05) is 49.8 Å². The van der Waals surface area contributed by atoms with Crippen molar-refractivity contribution < 1.29 is 121 Å². The molecule has 0 aromatic carbocycles. The molecule has 0 aliphatic heterocycles. The van der Waals surface area contributed by atoms with Crippen LogP contribution in [0.25, 0.3) is 0 Å². The lowest BCUT2D eigenvalue weighted by Gasteiger charge is -2.40. The number of carbonyl (C=O) groups is 3. The fourth-order valence-electron chi connectivity index (χ4n) is 7.67. The molecule has 2 unspecified atom stereocenters. The topological polar surface area (TPSA) is 582 Å². The summed E-state index contributed by atoms with van der Waals surface area (Å²) in [6, 6.07) is -2.93. The number of amides is 6. The highest BCUT2D eigenvalue weighted by molar-refractivity contribution is 7.73. The molecular formula is C32H67Cl3N9O27P6+. The van der Waals surface area contributed by atoms with Gasteiger partial charge in [-0.05, 0) is 63.7 Å². The molecule has 18 N–H and O–H groups in total. The summed E-state index contributed by atoms with van der Waals surface area (Å²) in [5.74, 6) is -0.437. The van der Waals surface area contributed by atoms with Crippen molar-refractivity contribution in [3.8, 4) is 0 Å². The monoisotopic (exact) mass is 1300 g/mol. The molecule has 2 fully saturated rings. The molecule has 45 heteroatoms. The molecule has 0 radical (unpaired) electrons. The summed E-state index contributed by atoms with van der Waals surface area (Å²) in [4.78, 5) is 179. The van der Waals surface area contributed by atoms with E-state index in [0.717, 1.165) is 11.3 Å². The zero-order valence-electron chi connectivity index (χ0n) is 40.8. The number of carbonyl (C=O) groups excluding carboxylic acids is 3. The van der Waals surface area contributed by atoms with Crippen LogP contribution in [0.15, 0.2) is 10.6 Å². The minimum atomic E-state index is -5.58. The Labute approximate surface area is 453 Å². The second-order valence-electron chi connectivity index (χ2n) is 17.5. The van der Waals surface area contributed by atoms with E-state index in [-0.39, 0.29) is 74.4 Å². The number of hydrogen-bond acceptors (Lipinski definition) is 17. The van der Waals surface area contributed by atoms with Gasteiger partial charge < -0.3 is 89.6 Å². The maximum Gasteiger partial charge on any atom is 0.371 e. The van der Waals surface area contributed by atoms with Gasteiger partial charge >= 0.3 is 63.7 Å². The molecule has 2 rings (SSSR count). The fraction of sp³-hybridized carbons (Fsp3) is 0.906. The van der Waals surface area contributed by atoms with Gasteiger partial charge in [-0.3, -0.25) is 27.4 Å². The van der Waals surface area contributed by atoms with E-state index in [1.807, 2.05) is 5.43 Å². The van der Waals surface area contributed by atoms with Crippen molar-refractivity contribution in [2.75, 3.05) is 50.9 Å². The van der Waals surface area contributed by atoms with E-state index in [0.29, 0.717) is 55.0 Å². The lowest BCUT2D eigenvalue weighted by atomic mass is 9.78. The summed E-state index contributed by atoms with van der Waals surface area (Å²) in [6.45, 7) is -0.390. The Bertz CT molecular complexity index is 2210. The highest BCUT2D eigenvalue weighted by Gasteiger charge is 2.61. The van der Waals surface area contributed by atoms with Gasteiger partial charge in [0.2, 0.25) is 6.54 Å². The Kier molecular flexibility index (Phi) is 30.9. The van der Waals surface area contributed by atoms with E-state index >= 15 is 0 Å². The molecule has 2 saturated carbocycles. The number of nitrogens with zero attached hydrogens (tertiary/aromatic N) is 6. The predicted octanol–water partition coefficient (Wildman–Crippen LogP) is 2.00. The lowest BCUT2D eigenvalue weighted by molar-refractivity contribution is -0.588. The molecule has 0 bridgehead atoms. The Balaban J connectivity index is 0.00000113. The summed E-state index contributed by atoms with van der Waals surface area (Å²) in [7, 11) is -31.8. The number of nitroso groups, excluding NO2 is 3. The van der Waals surface area contributed by atoms with E-state index in [1.165, 1.54) is 7.05 Å². The molecule has 0 aromatic rings. The van der Waals surface area contributed by atoms with Crippen LogP contribution in [0.4, 0.5) is 14.4 Å². The zero-order chi connectivity index (χ0) is 60.3. The van der Waals surface area contributed by atoms with Crippen LogP contribution in [0.5, 0.6) is 0 Å². The minimum Gasteiger partial charge on any atom is -0.368 e. The SMILES string of the molecule is CN(CCCCC(O)(P(=O)(O)O)P(=O)(O)O)C(=O)N(CCCl)N=O.O=C(N[N+](=O)CCCl)NC1(CCC(O)(P(=O)(O)O)P(=O)(O)O)CCCCC1.O=NN(CCCl)C(=O)NC1CCCC1CCC(O)(P(=O)(O)O)P(=O)(O)O. The Morgan fingerprint density at radius 2 is 1.06 bits per heavy atom. The van der Waals surface area contributed by atoms with Crippen molar-refractivity contribution in [1.29, 1.82) is 0 Å². The standard InChI is InChI=1S/C12H24ClN3O9P2.C11H22ClN3O9P2.C9H20ClN3O9P2/c13-8-9-16(19)15-10(17)14-11(4-2-1-3-5-11)6-7-12(18,26(20,21)22)27(23,24)25;12-6-7-15(14-18)10(16)13-9-3-1-2-8(9)4-5-11(17,25(19,20)21)26(22,23)24;1-12(8(14)13(11-16)7-5-10)6-3-2-4-9(15,23(17,18)19)24(20,21)22/h18H,1-9H2,(H5-,14,15,17,19,20,21,22,23,24,25);8-9,17H,1-7H2,(H,13,16)(H2,19,20,21)(H2,22,23,24);15H,2-7H2,1H3,(H2,17,18,19)(H2,20,21,22)/p+1. The van der Waals surface area contributed by atoms with E-state index < -0.39 is 116 Å². The zero-order valence-corrected chi connectivity index (χ0v) is 48.5. The predicted molar refractivity (Wildman–Crippen MR) is 270 cm³/mol. The van der Waals surface area contributed by atoms with Crippen molar-refractivity contribution in [1.82, 2.24) is 31.0 Å². The summed E-state index contributed by atoms with van der Waals surface area (Å²) in [5.41, 5.74) is 0.903. The van der Waals surface area contributed by atoms with Gasteiger partial charge in [0.05, 0.1) is 34.4 Å². The molecule has 452 valence electrons. The molecule has 2 atom stereocenters. The van der Waals surface area contributed by atoms with Gasteiger partial charge in [0.15, 0.2) is 0 Å². The van der Waals surface area contributed by atoms with Crippen LogP contribution >= 0.6 is 80.4 Å². The number of halogens is 3. The largest absolute Gasteiger partial charge is 0.371 e. The lowest BCUT2D eigenvalue weighted by Crippen LogP contribution is -2.55. The Morgan fingerprint density at radius 1 is 0.623 bits per heavy atom. The normalized spacial score (nSPS) is 17.5. The van der Waals surface area contributed by atoms with Gasteiger partial charge in [0.1, 0.15) is 4.87 Å². The van der Waals surface area contributed by atoms with Gasteiger partial charge in [-0.15, -0.1) is 44.6 Å². The third-order valence-electron chi connectivity index (χ3n) is 12.1. The van der Waals surface area contributed by atoms with Crippen LogP contribution in [0.3, 0.4) is 0 Å². The first kappa shape index (κ1) is 75.3. The minimum absolute atomic E-state index is 0.00840. The van der Waals surface area contributed by atoms with Crippen molar-refractivity contribution in [3.63, 3.8) is 0 Å². The van der Waals surface area contributed by atoms with Crippen LogP contribution in [0, 0.1) is 20.6 Å². The average Bonchev–Trinajstić information content (AvgIpc) is 3.74. The first-order chi connectivity index (χ1) is 34.9. The molecule has 0 spiro atoms. The second kappa shape index (κ2) is 31.6. The number of alkyl halides is 3. The molecular weight excluding hydrogens is 1230 g/mol. The van der Waals surface area contributed by atoms with Crippen LogP contribution in [0.1, 0.15) is 96.3 Å². The highest BCUT2D eigenvalue weighted by atomic mass is 35.5. The number of urea groups is 3. The number of nitrogens with one attached hydrogen (secondary N) is 3. The van der Waals surface area contributed by atoms with Crippen LogP contribution < -0.4 is 16.1 Å². The number of aliphatic hydroxyl groups is 3. The number of hydrazine groups is 1. The first-order valence-corrected chi connectivity index (χ1v) is 33.7. The molecule has 2 aliphatic rings. The number of hydrogen-bond donors (Lipinski definition) is 18. The van der Waals surface area contributed by atoms with Crippen molar-refractivity contribution in [2.45, 2.75) is 123 Å². The molecule has 36 nitrogen and oxygen atoms in total. The highest BCUT2D eigenvalue weighted by Crippen LogP contribution is 2.71. The van der Waals surface area contributed by atoms with Gasteiger partial charge in [-0.2, -0.15) is 10.0 Å². The van der Waals surface area contributed by atoms with Crippen LogP contribution in [-0.2, 0) is 27.4 Å². The molecule has 0 saturated heterocycles. The first-order valence-electron chi connectivity index (χ1n) is 22.4. The summed E-state index contributed by atoms with van der Waals surface area (Å²) >= 11 is 16.2. The van der Waals surface area contributed by atoms with Crippen LogP contribution in [-0.4, -0.2) is 190 Å². The molecule has 6 amide bonds. The van der Waals surface area contributed by atoms with Crippen molar-refractivity contribution >= 4 is 98.5 Å². The molecule has 0 heterocycles. The smallest absolute Gasteiger partial charge is 0.368 e. The third-order valence-corrected chi connectivity index (χ3v) is 24.2. The van der Waals surface area contributed by atoms with E-state index in [2.05, 4.69) is 21.2 Å². The second-order valence-corrected chi connectivity index (χ2v) is 30.7. The summed E-state index contributed by atoms with van der Waals surface area (Å²) in [5, 5.41) is 30.4. The van der Waals surface area contributed by atoms with E-state index in [9.17, 15) is 91.4 Å². The Morgan fingerprint density at radius 3 is 1.49 bits per heavy atom. The summed E-state index contributed by atoms with van der Waals surface area (Å²) in [6.07, 6.45) is 1.22. The molecule has 2 aliphatic carbocycles. The van der Waals surface area contributed by atoms with E-state index in [1.54, 1.807) is 0 Å².